The molecular formula is C20H26N2O3S. The number of amides is 2. The maximum absolute atomic E-state index is 12.9. The summed E-state index contributed by atoms with van der Waals surface area (Å²) in [4.78, 5) is 39.3. The quantitative estimate of drug-likeness (QED) is 0.805. The van der Waals surface area contributed by atoms with E-state index in [0.29, 0.717) is 0 Å². The number of hydrogen-bond donors (Lipinski definition) is 1. The summed E-state index contributed by atoms with van der Waals surface area (Å²) >= 11 is 1.59. The van der Waals surface area contributed by atoms with Crippen molar-refractivity contribution in [2.24, 2.45) is 5.92 Å². The molecule has 0 radical (unpaired) electrons. The predicted molar refractivity (Wildman–Crippen MR) is 103 cm³/mol. The van der Waals surface area contributed by atoms with Crippen molar-refractivity contribution in [3.05, 3.63) is 35.9 Å². The lowest BCUT2D eigenvalue weighted by molar-refractivity contribution is -0.154. The Morgan fingerprint density at radius 3 is 2.35 bits per heavy atom. The predicted octanol–water partition coefficient (Wildman–Crippen LogP) is 2.56. The van der Waals surface area contributed by atoms with Crippen LogP contribution >= 0.6 is 11.8 Å². The van der Waals surface area contributed by atoms with Gasteiger partial charge < -0.3 is 10.2 Å². The fourth-order valence-electron chi connectivity index (χ4n) is 4.16. The van der Waals surface area contributed by atoms with Crippen LogP contribution < -0.4 is 5.32 Å². The molecule has 6 heteroatoms. The minimum absolute atomic E-state index is 0.00697. The molecule has 0 spiro atoms. The molecule has 140 valence electrons. The van der Waals surface area contributed by atoms with Gasteiger partial charge in [-0.05, 0) is 32.3 Å². The van der Waals surface area contributed by atoms with Crippen molar-refractivity contribution in [2.45, 2.75) is 62.7 Å². The lowest BCUT2D eigenvalue weighted by Gasteiger charge is -2.44. The topological polar surface area (TPSA) is 66.5 Å². The Labute approximate surface area is 158 Å². The van der Waals surface area contributed by atoms with Crippen molar-refractivity contribution < 1.29 is 14.4 Å². The van der Waals surface area contributed by atoms with E-state index in [0.717, 1.165) is 5.56 Å². The molecular weight excluding hydrogens is 348 g/mol. The number of β-lactam (4-membered cyclic amide) rings is 1. The SMILES string of the molecule is CC(=O)[C@@H]1N2C(=O)[C@@H](NC(=O)[C@@H](c3ccccc3)C(C)C)C2SC1(C)C. The molecule has 2 heterocycles. The van der Waals surface area contributed by atoms with Gasteiger partial charge in [-0.3, -0.25) is 14.4 Å². The second kappa shape index (κ2) is 6.72. The molecule has 2 amide bonds. The van der Waals surface area contributed by atoms with E-state index in [4.69, 9.17) is 0 Å². The monoisotopic (exact) mass is 374 g/mol. The van der Waals surface area contributed by atoms with E-state index < -0.39 is 12.1 Å². The summed E-state index contributed by atoms with van der Waals surface area (Å²) in [5.41, 5.74) is 0.949. The molecule has 4 atom stereocenters. The first-order chi connectivity index (χ1) is 12.1. The van der Waals surface area contributed by atoms with Crippen LogP contribution in [-0.2, 0) is 14.4 Å². The molecule has 0 saturated carbocycles. The van der Waals surface area contributed by atoms with Gasteiger partial charge in [0.15, 0.2) is 5.78 Å². The summed E-state index contributed by atoms with van der Waals surface area (Å²) in [5.74, 6) is -0.485. The molecule has 26 heavy (non-hydrogen) atoms. The number of rotatable bonds is 5. The minimum atomic E-state index is -0.555. The maximum atomic E-state index is 12.9. The van der Waals surface area contributed by atoms with Crippen molar-refractivity contribution in [3.8, 4) is 0 Å². The first-order valence-electron chi connectivity index (χ1n) is 9.01. The van der Waals surface area contributed by atoms with Crippen LogP contribution in [0.1, 0.15) is 46.1 Å². The third-order valence-electron chi connectivity index (χ3n) is 5.23. The minimum Gasteiger partial charge on any atom is -0.341 e. The van der Waals surface area contributed by atoms with Crippen LogP contribution in [0.15, 0.2) is 30.3 Å². The zero-order valence-electron chi connectivity index (χ0n) is 15.9. The van der Waals surface area contributed by atoms with E-state index in [9.17, 15) is 14.4 Å². The van der Waals surface area contributed by atoms with Crippen molar-refractivity contribution in [3.63, 3.8) is 0 Å². The van der Waals surface area contributed by atoms with Crippen LogP contribution in [0.2, 0.25) is 0 Å². The molecule has 0 aromatic heterocycles. The fourth-order valence-corrected chi connectivity index (χ4v) is 5.85. The number of carbonyl (C=O) groups is 3. The van der Waals surface area contributed by atoms with Crippen molar-refractivity contribution in [1.82, 2.24) is 10.2 Å². The Bertz CT molecular complexity index is 732. The third-order valence-corrected chi connectivity index (χ3v) is 6.80. The normalized spacial score (nSPS) is 27.7. The van der Waals surface area contributed by atoms with Gasteiger partial charge in [-0.1, -0.05) is 44.2 Å². The number of nitrogens with zero attached hydrogens (tertiary/aromatic N) is 1. The highest BCUT2D eigenvalue weighted by Gasteiger charge is 2.63. The fraction of sp³-hybridized carbons (Fsp3) is 0.550. The number of thioether (sulfide) groups is 1. The molecule has 1 aromatic carbocycles. The van der Waals surface area contributed by atoms with Crippen LogP contribution in [-0.4, -0.2) is 44.7 Å². The highest BCUT2D eigenvalue weighted by Crippen LogP contribution is 2.51. The largest absolute Gasteiger partial charge is 0.341 e. The Morgan fingerprint density at radius 1 is 1.19 bits per heavy atom. The average Bonchev–Trinajstić information content (AvgIpc) is 2.82. The average molecular weight is 375 g/mol. The van der Waals surface area contributed by atoms with E-state index in [1.54, 1.807) is 16.7 Å². The molecule has 3 rings (SSSR count). The number of Topliss-reactive ketones (excluding diaryl/α,β-unsaturated/α-hetero) is 1. The van der Waals surface area contributed by atoms with Gasteiger partial charge in [-0.15, -0.1) is 11.8 Å². The maximum Gasteiger partial charge on any atom is 0.249 e. The van der Waals surface area contributed by atoms with Crippen LogP contribution in [0.5, 0.6) is 0 Å². The van der Waals surface area contributed by atoms with Gasteiger partial charge in [-0.2, -0.15) is 0 Å². The Hall–Kier alpha value is -1.82. The molecule has 2 aliphatic heterocycles. The summed E-state index contributed by atoms with van der Waals surface area (Å²) in [6, 6.07) is 8.67. The standard InChI is InChI=1S/C20H26N2O3S/c1-11(2)14(13-9-7-6-8-10-13)17(24)21-15-18(25)22-16(12(3)23)20(4,5)26-19(15)22/h6-11,14-16,19H,1-5H3,(H,21,24)/t14-,15-,16+,19?/m1/s1. The van der Waals surface area contributed by atoms with Crippen LogP contribution in [0, 0.1) is 5.92 Å². The van der Waals surface area contributed by atoms with Gasteiger partial charge in [0.25, 0.3) is 0 Å². The number of hydrogen-bond acceptors (Lipinski definition) is 4. The van der Waals surface area contributed by atoms with Crippen LogP contribution in [0.3, 0.4) is 0 Å². The van der Waals surface area contributed by atoms with Crippen molar-refractivity contribution >= 4 is 29.4 Å². The second-order valence-electron chi connectivity index (χ2n) is 7.99. The smallest absolute Gasteiger partial charge is 0.249 e. The van der Waals surface area contributed by atoms with Gasteiger partial charge in [0.1, 0.15) is 17.5 Å². The molecule has 5 nitrogen and oxygen atoms in total. The van der Waals surface area contributed by atoms with Crippen LogP contribution in [0.4, 0.5) is 0 Å². The third kappa shape index (κ3) is 3.04. The number of carbonyl (C=O) groups excluding carboxylic acids is 3. The van der Waals surface area contributed by atoms with E-state index >= 15 is 0 Å². The molecule has 2 aliphatic rings. The summed E-state index contributed by atoms with van der Waals surface area (Å²) in [5, 5.41) is 2.78. The number of benzene rings is 1. The van der Waals surface area contributed by atoms with Crippen molar-refractivity contribution in [2.75, 3.05) is 0 Å². The molecule has 1 unspecified atom stereocenters. The van der Waals surface area contributed by atoms with Gasteiger partial charge in [-0.25, -0.2) is 0 Å². The summed E-state index contributed by atoms with van der Waals surface area (Å²) < 4.78 is -0.345. The molecule has 2 fully saturated rings. The number of fused-ring (bicyclic) bond motifs is 1. The van der Waals surface area contributed by atoms with E-state index in [2.05, 4.69) is 5.32 Å². The Balaban J connectivity index is 1.77. The number of nitrogens with one attached hydrogen (secondary N) is 1. The Morgan fingerprint density at radius 2 is 1.81 bits per heavy atom. The van der Waals surface area contributed by atoms with Crippen molar-refractivity contribution in [1.29, 1.82) is 0 Å². The lowest BCUT2D eigenvalue weighted by Crippen LogP contribution is -2.70. The summed E-state index contributed by atoms with van der Waals surface area (Å²) in [7, 11) is 0. The van der Waals surface area contributed by atoms with Crippen LogP contribution in [0.25, 0.3) is 0 Å². The molecule has 0 bridgehead atoms. The first kappa shape index (κ1) is 19.0. The second-order valence-corrected chi connectivity index (χ2v) is 9.76. The highest BCUT2D eigenvalue weighted by molar-refractivity contribution is 8.01. The molecule has 2 saturated heterocycles. The molecule has 1 aromatic rings. The summed E-state index contributed by atoms with van der Waals surface area (Å²) in [6.45, 7) is 9.50. The van der Waals surface area contributed by atoms with Gasteiger partial charge in [0.05, 0.1) is 5.92 Å². The van der Waals surface area contributed by atoms with Gasteiger partial charge in [0, 0.05) is 4.75 Å². The number of ketones is 1. The van der Waals surface area contributed by atoms with E-state index in [1.165, 1.54) is 6.92 Å². The lowest BCUT2D eigenvalue weighted by atomic mass is 9.87. The molecule has 0 aliphatic carbocycles. The van der Waals surface area contributed by atoms with E-state index in [1.807, 2.05) is 58.0 Å². The van der Waals surface area contributed by atoms with E-state index in [-0.39, 0.29) is 39.6 Å². The van der Waals surface area contributed by atoms with Gasteiger partial charge in [0.2, 0.25) is 11.8 Å². The highest BCUT2D eigenvalue weighted by atomic mass is 32.2. The van der Waals surface area contributed by atoms with Gasteiger partial charge >= 0.3 is 0 Å². The molecule has 1 N–H and O–H groups in total. The zero-order valence-corrected chi connectivity index (χ0v) is 16.7. The first-order valence-corrected chi connectivity index (χ1v) is 9.89. The summed E-state index contributed by atoms with van der Waals surface area (Å²) in [6.07, 6.45) is 0. The Kier molecular flexibility index (Phi) is 4.90. The zero-order chi connectivity index (χ0) is 19.2.